The van der Waals surface area contributed by atoms with Crippen molar-refractivity contribution in [3.63, 3.8) is 0 Å². The number of hydrogen-bond donors (Lipinski definition) is 2. The summed E-state index contributed by atoms with van der Waals surface area (Å²) in [4.78, 5) is 0. The van der Waals surface area contributed by atoms with Gasteiger partial charge in [0.15, 0.2) is 0 Å². The summed E-state index contributed by atoms with van der Waals surface area (Å²) < 4.78 is 0. The molecule has 1 aromatic rings. The fraction of sp³-hybridized carbons (Fsp3) is 0.538. The van der Waals surface area contributed by atoms with E-state index in [1.54, 1.807) is 0 Å². The van der Waals surface area contributed by atoms with E-state index in [1.807, 2.05) is 24.3 Å². The van der Waals surface area contributed by atoms with Crippen LogP contribution in [0.25, 0.3) is 0 Å². The molecule has 2 nitrogen and oxygen atoms in total. The Balaban J connectivity index is 0.00000128. The number of aliphatic hydroxyl groups is 1. The van der Waals surface area contributed by atoms with Gasteiger partial charge < -0.3 is 10.8 Å². The van der Waals surface area contributed by atoms with Crippen molar-refractivity contribution in [3.05, 3.63) is 35.4 Å². The van der Waals surface area contributed by atoms with E-state index in [0.29, 0.717) is 5.92 Å². The minimum absolute atomic E-state index is 0. The van der Waals surface area contributed by atoms with Crippen LogP contribution in [-0.2, 0) is 0 Å². The van der Waals surface area contributed by atoms with Crippen LogP contribution in [-0.4, -0.2) is 11.2 Å². The monoisotopic (exact) mass is 241 g/mol. The zero-order valence-corrected chi connectivity index (χ0v) is 10.4. The number of benzene rings is 1. The molecule has 3 N–H and O–H groups in total. The van der Waals surface area contributed by atoms with Gasteiger partial charge in [0, 0.05) is 0 Å². The first-order valence-electron chi connectivity index (χ1n) is 5.68. The third kappa shape index (κ3) is 2.76. The lowest BCUT2D eigenvalue weighted by Gasteiger charge is -2.33. The van der Waals surface area contributed by atoms with Gasteiger partial charge in [0.1, 0.15) is 0 Å². The summed E-state index contributed by atoms with van der Waals surface area (Å²) in [5, 5.41) is 10.0. The predicted molar refractivity (Wildman–Crippen MR) is 68.7 cm³/mol. The lowest BCUT2D eigenvalue weighted by Crippen LogP contribution is -2.36. The predicted octanol–water partition coefficient (Wildman–Crippen LogP) is 2.58. The van der Waals surface area contributed by atoms with Crippen molar-refractivity contribution in [1.29, 1.82) is 0 Å². The minimum Gasteiger partial charge on any atom is -0.391 e. The topological polar surface area (TPSA) is 46.2 Å². The molecule has 3 heteroatoms. The summed E-state index contributed by atoms with van der Waals surface area (Å²) in [5.74, 6) is 0.418. The molecule has 0 spiro atoms. The van der Waals surface area contributed by atoms with E-state index in [1.165, 1.54) is 12.0 Å². The van der Waals surface area contributed by atoms with Crippen molar-refractivity contribution in [2.75, 3.05) is 0 Å². The summed E-state index contributed by atoms with van der Waals surface area (Å²) >= 11 is 0. The largest absolute Gasteiger partial charge is 0.391 e. The van der Waals surface area contributed by atoms with Crippen LogP contribution in [0.5, 0.6) is 0 Å². The van der Waals surface area contributed by atoms with Gasteiger partial charge in [0.05, 0.1) is 12.1 Å². The Morgan fingerprint density at radius 3 is 2.25 bits per heavy atom. The molecular formula is C13H20ClNO. The average molecular weight is 242 g/mol. The molecule has 0 aromatic heterocycles. The SMILES string of the molecule is Cc1ccc([C@@H](N)[C@@H](O)C2CCC2)cc1.Cl. The molecule has 1 fully saturated rings. The van der Waals surface area contributed by atoms with Crippen LogP contribution in [0.3, 0.4) is 0 Å². The van der Waals surface area contributed by atoms with Gasteiger partial charge in [-0.2, -0.15) is 0 Å². The van der Waals surface area contributed by atoms with E-state index < -0.39 is 0 Å². The summed E-state index contributed by atoms with van der Waals surface area (Å²) in [5.41, 5.74) is 8.32. The highest BCUT2D eigenvalue weighted by Gasteiger charge is 2.30. The van der Waals surface area contributed by atoms with Gasteiger partial charge in [-0.1, -0.05) is 36.2 Å². The van der Waals surface area contributed by atoms with Gasteiger partial charge in [-0.3, -0.25) is 0 Å². The fourth-order valence-corrected chi connectivity index (χ4v) is 2.06. The molecule has 0 unspecified atom stereocenters. The Hall–Kier alpha value is -0.570. The van der Waals surface area contributed by atoms with Crippen molar-refractivity contribution in [3.8, 4) is 0 Å². The summed E-state index contributed by atoms with van der Waals surface area (Å²) in [7, 11) is 0. The highest BCUT2D eigenvalue weighted by molar-refractivity contribution is 5.85. The Morgan fingerprint density at radius 1 is 1.25 bits per heavy atom. The van der Waals surface area contributed by atoms with Gasteiger partial charge in [0.25, 0.3) is 0 Å². The second-order valence-electron chi connectivity index (χ2n) is 4.62. The zero-order valence-electron chi connectivity index (χ0n) is 9.60. The van der Waals surface area contributed by atoms with Crippen LogP contribution in [0.15, 0.2) is 24.3 Å². The quantitative estimate of drug-likeness (QED) is 0.855. The normalized spacial score (nSPS) is 19.4. The van der Waals surface area contributed by atoms with E-state index in [-0.39, 0.29) is 24.6 Å². The smallest absolute Gasteiger partial charge is 0.0760 e. The van der Waals surface area contributed by atoms with Gasteiger partial charge in [-0.15, -0.1) is 12.4 Å². The Bertz CT molecular complexity index is 321. The lowest BCUT2D eigenvalue weighted by atomic mass is 9.77. The third-order valence-corrected chi connectivity index (χ3v) is 3.46. The first-order valence-corrected chi connectivity index (χ1v) is 5.68. The molecule has 16 heavy (non-hydrogen) atoms. The number of aliphatic hydroxyl groups excluding tert-OH is 1. The first-order chi connectivity index (χ1) is 7.18. The van der Waals surface area contributed by atoms with Crippen LogP contribution in [0, 0.1) is 12.8 Å². The van der Waals surface area contributed by atoms with Gasteiger partial charge in [0.2, 0.25) is 0 Å². The molecule has 0 aliphatic heterocycles. The molecule has 1 aromatic carbocycles. The van der Waals surface area contributed by atoms with Crippen LogP contribution in [0.2, 0.25) is 0 Å². The molecule has 0 bridgehead atoms. The van der Waals surface area contributed by atoms with Crippen molar-refractivity contribution in [2.24, 2.45) is 11.7 Å². The molecule has 2 atom stereocenters. The highest BCUT2D eigenvalue weighted by atomic mass is 35.5. The van der Waals surface area contributed by atoms with Gasteiger partial charge in [-0.25, -0.2) is 0 Å². The number of rotatable bonds is 3. The summed E-state index contributed by atoms with van der Waals surface area (Å²) in [6.45, 7) is 2.05. The molecule has 1 aliphatic rings. The molecule has 0 saturated heterocycles. The number of hydrogen-bond acceptors (Lipinski definition) is 2. The van der Waals surface area contributed by atoms with E-state index in [2.05, 4.69) is 6.92 Å². The number of aryl methyl sites for hydroxylation is 1. The highest BCUT2D eigenvalue weighted by Crippen LogP contribution is 2.34. The van der Waals surface area contributed by atoms with Crippen LogP contribution in [0.1, 0.15) is 36.4 Å². The number of halogens is 1. The summed E-state index contributed by atoms with van der Waals surface area (Å²) in [6, 6.07) is 7.89. The molecule has 0 heterocycles. The maximum Gasteiger partial charge on any atom is 0.0760 e. The van der Waals surface area contributed by atoms with Gasteiger partial charge in [-0.05, 0) is 31.2 Å². The summed E-state index contributed by atoms with van der Waals surface area (Å²) in [6.07, 6.45) is 3.12. The lowest BCUT2D eigenvalue weighted by molar-refractivity contribution is 0.0414. The standard InChI is InChI=1S/C13H19NO.ClH/c1-9-5-7-10(8-6-9)12(14)13(15)11-3-2-4-11;/h5-8,11-13,15H,2-4,14H2,1H3;1H/t12-,13+;/m1./s1. The van der Waals surface area contributed by atoms with E-state index in [0.717, 1.165) is 18.4 Å². The van der Waals surface area contributed by atoms with Crippen molar-refractivity contribution in [1.82, 2.24) is 0 Å². The fourth-order valence-electron chi connectivity index (χ4n) is 2.06. The van der Waals surface area contributed by atoms with E-state index in [9.17, 15) is 5.11 Å². The van der Waals surface area contributed by atoms with Crippen molar-refractivity contribution < 1.29 is 5.11 Å². The molecule has 90 valence electrons. The van der Waals surface area contributed by atoms with Crippen molar-refractivity contribution >= 4 is 12.4 Å². The minimum atomic E-state index is -0.374. The molecular weight excluding hydrogens is 222 g/mol. The molecule has 2 rings (SSSR count). The average Bonchev–Trinajstić information content (AvgIpc) is 2.15. The molecule has 0 amide bonds. The van der Waals surface area contributed by atoms with Crippen LogP contribution >= 0.6 is 12.4 Å². The maximum absolute atomic E-state index is 10.0. The van der Waals surface area contributed by atoms with Gasteiger partial charge >= 0.3 is 0 Å². The Labute approximate surface area is 103 Å². The molecule has 1 saturated carbocycles. The first kappa shape index (κ1) is 13.5. The molecule has 0 radical (unpaired) electrons. The third-order valence-electron chi connectivity index (χ3n) is 3.46. The Kier molecular flexibility index (Phi) is 4.78. The zero-order chi connectivity index (χ0) is 10.8. The van der Waals surface area contributed by atoms with Crippen LogP contribution < -0.4 is 5.73 Å². The van der Waals surface area contributed by atoms with E-state index in [4.69, 9.17) is 5.73 Å². The second-order valence-corrected chi connectivity index (χ2v) is 4.62. The second kappa shape index (κ2) is 5.67. The number of nitrogens with two attached hydrogens (primary N) is 1. The van der Waals surface area contributed by atoms with E-state index >= 15 is 0 Å². The Morgan fingerprint density at radius 2 is 1.81 bits per heavy atom. The van der Waals surface area contributed by atoms with Crippen molar-refractivity contribution in [2.45, 2.75) is 38.3 Å². The molecule has 1 aliphatic carbocycles. The van der Waals surface area contributed by atoms with Crippen LogP contribution in [0.4, 0.5) is 0 Å². The maximum atomic E-state index is 10.0.